The number of amides is 2. The van der Waals surface area contributed by atoms with Crippen LogP contribution in [0.1, 0.15) is 46.1 Å². The lowest BCUT2D eigenvalue weighted by Gasteiger charge is -2.28. The molecule has 0 spiro atoms. The Hall–Kier alpha value is -4.23. The normalized spacial score (nSPS) is 10.9. The van der Waals surface area contributed by atoms with Crippen molar-refractivity contribution in [1.29, 1.82) is 0 Å². The van der Waals surface area contributed by atoms with Crippen molar-refractivity contribution in [2.24, 2.45) is 0 Å². The summed E-state index contributed by atoms with van der Waals surface area (Å²) in [7, 11) is 1.63. The average molecular weight is 556 g/mol. The maximum atomic E-state index is 13.9. The molecule has 214 valence electrons. The Bertz CT molecular complexity index is 1390. The fourth-order valence-electron chi connectivity index (χ4n) is 4.75. The van der Waals surface area contributed by atoms with Gasteiger partial charge in [-0.2, -0.15) is 0 Å². The first kappa shape index (κ1) is 29.7. The van der Waals surface area contributed by atoms with Gasteiger partial charge in [-0.3, -0.25) is 9.59 Å². The first-order valence-electron chi connectivity index (χ1n) is 14.0. The number of hydrogen-bond acceptors (Lipinski definition) is 3. The van der Waals surface area contributed by atoms with Gasteiger partial charge >= 0.3 is 0 Å². The summed E-state index contributed by atoms with van der Waals surface area (Å²) in [5.74, 6) is -0.581. The molecule has 41 heavy (non-hydrogen) atoms. The van der Waals surface area contributed by atoms with Crippen LogP contribution in [0, 0.1) is 5.82 Å². The van der Waals surface area contributed by atoms with E-state index in [9.17, 15) is 14.0 Å². The highest BCUT2D eigenvalue weighted by Gasteiger charge is 2.23. The van der Waals surface area contributed by atoms with Gasteiger partial charge in [0, 0.05) is 50.8 Å². The number of aromatic nitrogens is 1. The zero-order chi connectivity index (χ0) is 29.0. The highest BCUT2D eigenvalue weighted by Crippen LogP contribution is 2.16. The first-order valence-corrected chi connectivity index (χ1v) is 14.0. The van der Waals surface area contributed by atoms with E-state index in [1.807, 2.05) is 72.9 Å². The van der Waals surface area contributed by atoms with Gasteiger partial charge in [-0.1, -0.05) is 61.5 Å². The largest absolute Gasteiger partial charge is 0.385 e. The summed E-state index contributed by atoms with van der Waals surface area (Å²) in [6, 6.07) is 27.8. The number of halogens is 1. The minimum Gasteiger partial charge on any atom is -0.385 e. The van der Waals surface area contributed by atoms with E-state index in [1.165, 1.54) is 12.1 Å². The zero-order valence-electron chi connectivity index (χ0n) is 23.8. The summed E-state index contributed by atoms with van der Waals surface area (Å²) in [5.41, 5.74) is 4.64. The molecule has 0 unspecified atom stereocenters. The van der Waals surface area contributed by atoms with Crippen molar-refractivity contribution in [2.45, 2.75) is 39.4 Å². The SMILES string of the molecule is CCc1ccc(C(=O)N(CCCOC)CC(=O)N(Cc2ccccc2)Cc2cccn2Cc2ccc(F)cc2)cc1. The molecule has 0 fully saturated rings. The lowest BCUT2D eigenvalue weighted by atomic mass is 10.1. The van der Waals surface area contributed by atoms with Crippen molar-refractivity contribution in [1.82, 2.24) is 14.4 Å². The van der Waals surface area contributed by atoms with E-state index < -0.39 is 0 Å². The Balaban J connectivity index is 1.55. The van der Waals surface area contributed by atoms with Crippen LogP contribution in [-0.2, 0) is 35.6 Å². The third kappa shape index (κ3) is 8.63. The number of nitrogens with zero attached hydrogens (tertiary/aromatic N) is 3. The van der Waals surface area contributed by atoms with Crippen LogP contribution in [0.15, 0.2) is 97.2 Å². The highest BCUT2D eigenvalue weighted by atomic mass is 19.1. The molecule has 4 aromatic rings. The van der Waals surface area contributed by atoms with Crippen molar-refractivity contribution in [3.8, 4) is 0 Å². The van der Waals surface area contributed by atoms with Crippen LogP contribution in [-0.4, -0.2) is 53.0 Å². The van der Waals surface area contributed by atoms with Gasteiger partial charge in [-0.25, -0.2) is 4.39 Å². The van der Waals surface area contributed by atoms with Crippen molar-refractivity contribution >= 4 is 11.8 Å². The van der Waals surface area contributed by atoms with Crippen LogP contribution in [0.3, 0.4) is 0 Å². The van der Waals surface area contributed by atoms with Crippen LogP contribution in [0.5, 0.6) is 0 Å². The Morgan fingerprint density at radius 3 is 2.20 bits per heavy atom. The maximum absolute atomic E-state index is 13.9. The molecule has 0 atom stereocenters. The van der Waals surface area contributed by atoms with E-state index in [0.717, 1.165) is 28.8 Å². The van der Waals surface area contributed by atoms with Crippen LogP contribution < -0.4 is 0 Å². The van der Waals surface area contributed by atoms with E-state index in [1.54, 1.807) is 29.0 Å². The molecular weight excluding hydrogens is 517 g/mol. The van der Waals surface area contributed by atoms with Crippen molar-refractivity contribution in [3.05, 3.63) is 131 Å². The van der Waals surface area contributed by atoms with Gasteiger partial charge in [0.05, 0.1) is 6.54 Å². The molecule has 6 nitrogen and oxygen atoms in total. The topological polar surface area (TPSA) is 54.8 Å². The van der Waals surface area contributed by atoms with Gasteiger partial charge in [-0.15, -0.1) is 0 Å². The van der Waals surface area contributed by atoms with E-state index in [-0.39, 0.29) is 24.2 Å². The van der Waals surface area contributed by atoms with Crippen molar-refractivity contribution in [3.63, 3.8) is 0 Å². The number of rotatable bonds is 14. The second-order valence-corrected chi connectivity index (χ2v) is 10.1. The molecule has 0 aliphatic carbocycles. The smallest absolute Gasteiger partial charge is 0.254 e. The average Bonchev–Trinajstić information content (AvgIpc) is 3.44. The van der Waals surface area contributed by atoms with Gasteiger partial charge in [0.1, 0.15) is 12.4 Å². The number of carbonyl (C=O) groups is 2. The molecule has 0 bridgehead atoms. The Morgan fingerprint density at radius 2 is 1.51 bits per heavy atom. The Morgan fingerprint density at radius 1 is 0.805 bits per heavy atom. The molecule has 4 rings (SSSR count). The number of ether oxygens (including phenoxy) is 1. The summed E-state index contributed by atoms with van der Waals surface area (Å²) in [4.78, 5) is 30.9. The van der Waals surface area contributed by atoms with Crippen molar-refractivity contribution in [2.75, 3.05) is 26.8 Å². The lowest BCUT2D eigenvalue weighted by molar-refractivity contribution is -0.133. The van der Waals surface area contributed by atoms with Crippen LogP contribution in [0.4, 0.5) is 4.39 Å². The Kier molecular flexibility index (Phi) is 10.9. The minimum atomic E-state index is -0.271. The molecule has 2 amide bonds. The van der Waals surface area contributed by atoms with Gasteiger partial charge in [0.15, 0.2) is 0 Å². The van der Waals surface area contributed by atoms with E-state index in [4.69, 9.17) is 4.74 Å². The number of aryl methyl sites for hydroxylation is 1. The highest BCUT2D eigenvalue weighted by molar-refractivity contribution is 5.96. The maximum Gasteiger partial charge on any atom is 0.254 e. The predicted octanol–water partition coefficient (Wildman–Crippen LogP) is 5.95. The summed E-state index contributed by atoms with van der Waals surface area (Å²) < 4.78 is 20.7. The molecule has 0 radical (unpaired) electrons. The minimum absolute atomic E-state index is 0.0381. The molecule has 1 aromatic heterocycles. The third-order valence-corrected chi connectivity index (χ3v) is 7.11. The number of methoxy groups -OCH3 is 1. The second kappa shape index (κ2) is 15.0. The monoisotopic (exact) mass is 555 g/mol. The quantitative estimate of drug-likeness (QED) is 0.181. The van der Waals surface area contributed by atoms with E-state index in [2.05, 4.69) is 11.5 Å². The molecule has 0 saturated heterocycles. The third-order valence-electron chi connectivity index (χ3n) is 7.11. The molecule has 0 aliphatic rings. The lowest BCUT2D eigenvalue weighted by Crippen LogP contribution is -2.43. The summed E-state index contributed by atoms with van der Waals surface area (Å²) >= 11 is 0. The number of benzene rings is 3. The molecule has 0 N–H and O–H groups in total. The zero-order valence-corrected chi connectivity index (χ0v) is 23.8. The van der Waals surface area contributed by atoms with E-state index in [0.29, 0.717) is 44.8 Å². The van der Waals surface area contributed by atoms with Crippen LogP contribution in [0.2, 0.25) is 0 Å². The van der Waals surface area contributed by atoms with Crippen molar-refractivity contribution < 1.29 is 18.7 Å². The van der Waals surface area contributed by atoms with Gasteiger partial charge in [0.25, 0.3) is 5.91 Å². The van der Waals surface area contributed by atoms with Crippen LogP contribution >= 0.6 is 0 Å². The number of hydrogen-bond donors (Lipinski definition) is 0. The summed E-state index contributed by atoms with van der Waals surface area (Å²) in [5, 5.41) is 0. The molecule has 7 heteroatoms. The predicted molar refractivity (Wildman–Crippen MR) is 159 cm³/mol. The summed E-state index contributed by atoms with van der Waals surface area (Å²) in [6.45, 7) is 4.28. The first-order chi connectivity index (χ1) is 20.0. The molecule has 0 saturated carbocycles. The van der Waals surface area contributed by atoms with Gasteiger partial charge < -0.3 is 19.1 Å². The summed E-state index contributed by atoms with van der Waals surface area (Å²) in [6.07, 6.45) is 3.48. The van der Waals surface area contributed by atoms with E-state index >= 15 is 0 Å². The second-order valence-electron chi connectivity index (χ2n) is 10.1. The molecule has 3 aromatic carbocycles. The van der Waals surface area contributed by atoms with Gasteiger partial charge in [0.2, 0.25) is 5.91 Å². The Labute approximate surface area is 242 Å². The fourth-order valence-corrected chi connectivity index (χ4v) is 4.75. The standard InChI is InChI=1S/C34H38FN3O3/c1-3-27-12-16-30(17-13-27)34(40)37(21-8-22-41-2)26-33(39)38(24-28-9-5-4-6-10-28)25-32-11-7-20-36(32)23-29-14-18-31(35)19-15-29/h4-7,9-20H,3,8,21-26H2,1-2H3. The molecular formula is C34H38FN3O3. The number of carbonyl (C=O) groups excluding carboxylic acids is 2. The molecule has 1 heterocycles. The molecule has 0 aliphatic heterocycles. The fraction of sp³-hybridized carbons (Fsp3) is 0.294. The van der Waals surface area contributed by atoms with Gasteiger partial charge in [-0.05, 0) is 65.9 Å². The van der Waals surface area contributed by atoms with Crippen LogP contribution in [0.25, 0.3) is 0 Å².